The number of carbonyl (C=O) groups excluding carboxylic acids is 1. The number of aromatic amines is 1. The van der Waals surface area contributed by atoms with E-state index in [1.54, 1.807) is 47.4 Å². The second-order valence-corrected chi connectivity index (χ2v) is 9.25. The lowest BCUT2D eigenvalue weighted by atomic mass is 10.0. The first kappa shape index (κ1) is 26.8. The number of para-hydroxylation sites is 1. The molecule has 1 aliphatic rings. The maximum atomic E-state index is 13.9. The van der Waals surface area contributed by atoms with Gasteiger partial charge in [0, 0.05) is 18.7 Å². The molecule has 7 nitrogen and oxygen atoms in total. The highest BCUT2D eigenvalue weighted by atomic mass is 19.4. The highest BCUT2D eigenvalue weighted by Crippen LogP contribution is 2.32. The fourth-order valence-electron chi connectivity index (χ4n) is 4.43. The summed E-state index contributed by atoms with van der Waals surface area (Å²) >= 11 is 0. The minimum absolute atomic E-state index is 0.0151. The Morgan fingerprint density at radius 2 is 1.88 bits per heavy atom. The Morgan fingerprint density at radius 1 is 1.10 bits per heavy atom. The van der Waals surface area contributed by atoms with Gasteiger partial charge in [-0.1, -0.05) is 30.3 Å². The van der Waals surface area contributed by atoms with Crippen LogP contribution in [0.5, 0.6) is 0 Å². The maximum Gasteiger partial charge on any atom is 0.416 e. The van der Waals surface area contributed by atoms with E-state index in [1.807, 2.05) is 0 Å². The Labute approximate surface area is 227 Å². The van der Waals surface area contributed by atoms with Crippen LogP contribution in [0.15, 0.2) is 96.5 Å². The van der Waals surface area contributed by atoms with Crippen molar-refractivity contribution in [3.8, 4) is 0 Å². The second kappa shape index (κ2) is 10.8. The second-order valence-electron chi connectivity index (χ2n) is 9.25. The molecule has 3 aromatic carbocycles. The number of carbonyl (C=O) groups is 1. The van der Waals surface area contributed by atoms with Gasteiger partial charge >= 0.3 is 6.18 Å². The number of H-pyrrole nitrogens is 1. The van der Waals surface area contributed by atoms with Crippen LogP contribution in [0.4, 0.5) is 29.2 Å². The lowest BCUT2D eigenvalue weighted by Crippen LogP contribution is -2.42. The van der Waals surface area contributed by atoms with Crippen LogP contribution >= 0.6 is 0 Å². The van der Waals surface area contributed by atoms with Crippen molar-refractivity contribution in [2.24, 2.45) is 5.73 Å². The van der Waals surface area contributed by atoms with Crippen molar-refractivity contribution < 1.29 is 27.1 Å². The number of fused-ring (bicyclic) bond motifs is 1. The zero-order valence-corrected chi connectivity index (χ0v) is 21.2. The highest BCUT2D eigenvalue weighted by Gasteiger charge is 2.32. The lowest BCUT2D eigenvalue weighted by molar-refractivity contribution is -0.137. The van der Waals surface area contributed by atoms with Gasteiger partial charge in [-0.25, -0.2) is 14.3 Å². The molecule has 3 N–H and O–H groups in total. The van der Waals surface area contributed by atoms with Gasteiger partial charge in [-0.15, -0.1) is 0 Å². The van der Waals surface area contributed by atoms with Crippen LogP contribution in [-0.2, 0) is 22.3 Å². The smallest absolute Gasteiger partial charge is 0.416 e. The van der Waals surface area contributed by atoms with Crippen molar-refractivity contribution in [3.05, 3.63) is 113 Å². The van der Waals surface area contributed by atoms with Gasteiger partial charge in [-0.2, -0.15) is 13.2 Å². The molecule has 1 aliphatic heterocycles. The Bertz CT molecular complexity index is 1600. The fourth-order valence-corrected chi connectivity index (χ4v) is 4.43. The van der Waals surface area contributed by atoms with Gasteiger partial charge in [0.05, 0.1) is 34.4 Å². The minimum Gasteiger partial charge on any atom is -0.474 e. The van der Waals surface area contributed by atoms with Crippen LogP contribution in [0, 0.1) is 5.82 Å². The van der Waals surface area contributed by atoms with E-state index in [0.717, 1.165) is 12.1 Å². The molecule has 0 saturated carbocycles. The molecule has 0 unspecified atom stereocenters. The number of rotatable bonds is 7. The molecule has 0 bridgehead atoms. The van der Waals surface area contributed by atoms with Crippen LogP contribution in [0.1, 0.15) is 17.5 Å². The molecule has 206 valence electrons. The highest BCUT2D eigenvalue weighted by molar-refractivity contribution is 6.08. The van der Waals surface area contributed by atoms with Crippen molar-refractivity contribution in [1.82, 2.24) is 9.97 Å². The van der Waals surface area contributed by atoms with Gasteiger partial charge in [0.25, 0.3) is 5.91 Å². The molecule has 0 spiro atoms. The van der Waals surface area contributed by atoms with Crippen LogP contribution in [-0.4, -0.2) is 29.0 Å². The molecule has 0 saturated heterocycles. The summed E-state index contributed by atoms with van der Waals surface area (Å²) in [6.45, 7) is 4.38. The summed E-state index contributed by atoms with van der Waals surface area (Å²) in [4.78, 5) is 24.3. The van der Waals surface area contributed by atoms with E-state index in [4.69, 9.17) is 10.5 Å². The van der Waals surface area contributed by atoms with Crippen LogP contribution in [0.3, 0.4) is 0 Å². The van der Waals surface area contributed by atoms with E-state index in [1.165, 1.54) is 23.1 Å². The number of anilines is 2. The number of hydrogen-bond donors (Lipinski definition) is 2. The van der Waals surface area contributed by atoms with E-state index < -0.39 is 23.5 Å². The molecule has 11 heteroatoms. The van der Waals surface area contributed by atoms with Gasteiger partial charge in [0.1, 0.15) is 12.4 Å². The molecule has 4 aromatic rings. The third-order valence-corrected chi connectivity index (χ3v) is 6.50. The van der Waals surface area contributed by atoms with Gasteiger partial charge in [0.2, 0.25) is 5.95 Å². The van der Waals surface area contributed by atoms with E-state index >= 15 is 0 Å². The third kappa shape index (κ3) is 5.63. The number of ether oxygens (including phenoxy) is 1. The Kier molecular flexibility index (Phi) is 7.20. The van der Waals surface area contributed by atoms with Gasteiger partial charge < -0.3 is 20.4 Å². The van der Waals surface area contributed by atoms with E-state index in [0.29, 0.717) is 41.4 Å². The quantitative estimate of drug-likeness (QED) is 0.222. The fraction of sp³-hybridized carbons (Fsp3) is 0.172. The van der Waals surface area contributed by atoms with Gasteiger partial charge in [-0.3, -0.25) is 4.79 Å². The normalized spacial score (nSPS) is 13.9. The summed E-state index contributed by atoms with van der Waals surface area (Å²) in [6.07, 6.45) is -4.16. The van der Waals surface area contributed by atoms with Crippen molar-refractivity contribution in [2.75, 3.05) is 22.9 Å². The number of amides is 1. The van der Waals surface area contributed by atoms with Crippen molar-refractivity contribution in [3.63, 3.8) is 0 Å². The van der Waals surface area contributed by atoms with Crippen molar-refractivity contribution in [2.45, 2.75) is 19.2 Å². The van der Waals surface area contributed by atoms with Crippen LogP contribution in [0.2, 0.25) is 0 Å². The SMILES string of the molecule is C=C(OCc1cccc(F)c1)N(C(=O)C1=C(N)CCN(c2nc3ccc(C(F)(F)F)cc3[nH]2)C1)c1ccccc1. The summed E-state index contributed by atoms with van der Waals surface area (Å²) < 4.78 is 58.9. The molecule has 40 heavy (non-hydrogen) atoms. The Hall–Kier alpha value is -4.80. The van der Waals surface area contributed by atoms with Crippen molar-refractivity contribution in [1.29, 1.82) is 0 Å². The summed E-state index contributed by atoms with van der Waals surface area (Å²) in [5.41, 5.74) is 7.78. The molecule has 0 aliphatic carbocycles. The maximum absolute atomic E-state index is 13.9. The van der Waals surface area contributed by atoms with E-state index in [9.17, 15) is 22.4 Å². The molecule has 2 heterocycles. The van der Waals surface area contributed by atoms with Crippen LogP contribution in [0.25, 0.3) is 11.0 Å². The number of nitrogens with one attached hydrogen (secondary N) is 1. The molecule has 5 rings (SSSR count). The van der Waals surface area contributed by atoms with Crippen molar-refractivity contribution >= 4 is 28.6 Å². The van der Waals surface area contributed by atoms with E-state index in [2.05, 4.69) is 16.5 Å². The number of imidazole rings is 1. The molecule has 0 fully saturated rings. The number of alkyl halides is 3. The third-order valence-electron chi connectivity index (χ3n) is 6.50. The van der Waals surface area contributed by atoms with Gasteiger partial charge in [0.15, 0.2) is 5.88 Å². The number of nitrogens with two attached hydrogens (primary N) is 1. The average molecular weight is 552 g/mol. The molecule has 0 atom stereocenters. The number of nitrogens with zero attached hydrogens (tertiary/aromatic N) is 3. The largest absolute Gasteiger partial charge is 0.474 e. The summed E-state index contributed by atoms with van der Waals surface area (Å²) in [5.74, 6) is -0.558. The minimum atomic E-state index is -4.48. The zero-order chi connectivity index (χ0) is 28.4. The first-order chi connectivity index (χ1) is 19.1. The summed E-state index contributed by atoms with van der Waals surface area (Å²) in [6, 6.07) is 17.9. The summed E-state index contributed by atoms with van der Waals surface area (Å²) in [5, 5.41) is 0. The zero-order valence-electron chi connectivity index (χ0n) is 21.2. The van der Waals surface area contributed by atoms with Gasteiger partial charge in [-0.05, 0) is 54.6 Å². The number of benzene rings is 3. The first-order valence-electron chi connectivity index (χ1n) is 12.3. The first-order valence-corrected chi connectivity index (χ1v) is 12.3. The predicted octanol–water partition coefficient (Wildman–Crippen LogP) is 5.86. The molecule has 1 amide bonds. The Morgan fingerprint density at radius 3 is 2.60 bits per heavy atom. The molecule has 1 aromatic heterocycles. The predicted molar refractivity (Wildman–Crippen MR) is 143 cm³/mol. The van der Waals surface area contributed by atoms with Crippen LogP contribution < -0.4 is 15.5 Å². The Balaban J connectivity index is 1.40. The number of hydrogen-bond acceptors (Lipinski definition) is 5. The topological polar surface area (TPSA) is 87.5 Å². The summed E-state index contributed by atoms with van der Waals surface area (Å²) in [7, 11) is 0. The molecular weight excluding hydrogens is 526 g/mol. The lowest BCUT2D eigenvalue weighted by Gasteiger charge is -2.32. The number of aromatic nitrogens is 2. The molecule has 0 radical (unpaired) electrons. The number of halogens is 4. The molecular formula is C29H25F4N5O2. The van der Waals surface area contributed by atoms with E-state index in [-0.39, 0.29) is 30.1 Å². The standard InChI is InChI=1S/C29H25F4N5O2/c1-18(40-17-19-6-5-7-21(30)14-19)38(22-8-3-2-4-9-22)27(39)23-16-37(13-12-24(23)34)28-35-25-11-10-20(29(31,32)33)15-26(25)36-28/h2-11,14-15H,1,12-13,16-17,34H2,(H,35,36). The average Bonchev–Trinajstić information content (AvgIpc) is 3.36. The monoisotopic (exact) mass is 551 g/mol.